The highest BCUT2D eigenvalue weighted by Crippen LogP contribution is 2.37. The zero-order chi connectivity index (χ0) is 14.7. The Hall–Kier alpha value is -1.24. The number of benzene rings is 1. The summed E-state index contributed by atoms with van der Waals surface area (Å²) in [6, 6.07) is 1.69. The van der Waals surface area contributed by atoms with E-state index in [1.807, 2.05) is 6.92 Å². The normalized spacial score (nSPS) is 12.8. The summed E-state index contributed by atoms with van der Waals surface area (Å²) >= 11 is 0. The molecule has 0 atom stereocenters. The molecule has 0 aliphatic rings. The third-order valence-corrected chi connectivity index (χ3v) is 2.48. The van der Waals surface area contributed by atoms with E-state index in [0.29, 0.717) is 12.6 Å². The Morgan fingerprint density at radius 2 is 1.63 bits per heavy atom. The van der Waals surface area contributed by atoms with Crippen LogP contribution in [0.2, 0.25) is 0 Å². The van der Waals surface area contributed by atoms with E-state index in [1.165, 1.54) is 0 Å². The summed E-state index contributed by atoms with van der Waals surface area (Å²) in [5.41, 5.74) is -2.72. The average molecular weight is 285 g/mol. The van der Waals surface area contributed by atoms with Crippen LogP contribution in [0.25, 0.3) is 0 Å². The van der Waals surface area contributed by atoms with Gasteiger partial charge in [-0.3, -0.25) is 0 Å². The van der Waals surface area contributed by atoms with Crippen molar-refractivity contribution in [1.29, 1.82) is 0 Å². The monoisotopic (exact) mass is 285 g/mol. The third kappa shape index (κ3) is 4.41. The van der Waals surface area contributed by atoms with Gasteiger partial charge in [-0.1, -0.05) is 13.0 Å². The Bertz CT molecular complexity index is 421. The largest absolute Gasteiger partial charge is 0.416 e. The Kier molecular flexibility index (Phi) is 4.84. The van der Waals surface area contributed by atoms with Crippen LogP contribution < -0.4 is 5.32 Å². The fourth-order valence-corrected chi connectivity index (χ4v) is 1.57. The molecule has 1 rings (SSSR count). The molecule has 108 valence electrons. The smallest absolute Gasteiger partial charge is 0.313 e. The molecule has 0 aliphatic heterocycles. The minimum atomic E-state index is -4.80. The minimum absolute atomic E-state index is 0.110. The molecular formula is C12H13F6N. The van der Waals surface area contributed by atoms with E-state index in [2.05, 4.69) is 5.32 Å². The van der Waals surface area contributed by atoms with Gasteiger partial charge in [0.1, 0.15) is 0 Å². The lowest BCUT2D eigenvalue weighted by Gasteiger charge is -2.16. The van der Waals surface area contributed by atoms with Gasteiger partial charge >= 0.3 is 12.4 Å². The van der Waals surface area contributed by atoms with E-state index in [0.717, 1.165) is 12.5 Å². The van der Waals surface area contributed by atoms with Crippen LogP contribution in [0.5, 0.6) is 0 Å². The lowest BCUT2D eigenvalue weighted by Crippen LogP contribution is -2.19. The first kappa shape index (κ1) is 15.8. The molecule has 0 saturated heterocycles. The van der Waals surface area contributed by atoms with Crippen molar-refractivity contribution in [3.63, 3.8) is 0 Å². The zero-order valence-electron chi connectivity index (χ0n) is 10.1. The number of hydrogen-bond acceptors (Lipinski definition) is 1. The van der Waals surface area contributed by atoms with Crippen LogP contribution in [0.3, 0.4) is 0 Å². The molecule has 0 fully saturated rings. The molecule has 0 spiro atoms. The summed E-state index contributed by atoms with van der Waals surface area (Å²) < 4.78 is 75.4. The van der Waals surface area contributed by atoms with Crippen molar-refractivity contribution >= 4 is 0 Å². The van der Waals surface area contributed by atoms with Crippen molar-refractivity contribution in [2.45, 2.75) is 32.2 Å². The Labute approximate surface area is 106 Å². The van der Waals surface area contributed by atoms with Crippen LogP contribution in [0.4, 0.5) is 26.3 Å². The van der Waals surface area contributed by atoms with Gasteiger partial charge in [-0.15, -0.1) is 0 Å². The molecule has 1 aromatic carbocycles. The first-order valence-corrected chi connectivity index (χ1v) is 5.64. The molecule has 0 amide bonds. The average Bonchev–Trinajstić information content (AvgIpc) is 2.27. The quantitative estimate of drug-likeness (QED) is 0.645. The summed E-state index contributed by atoms with van der Waals surface area (Å²) in [7, 11) is 0. The van der Waals surface area contributed by atoms with Gasteiger partial charge in [0.25, 0.3) is 0 Å². The maximum absolute atomic E-state index is 12.7. The number of hydrogen-bond donors (Lipinski definition) is 1. The molecule has 0 aromatic heterocycles. The lowest BCUT2D eigenvalue weighted by atomic mass is 10.0. The van der Waals surface area contributed by atoms with Crippen molar-refractivity contribution in [1.82, 2.24) is 5.32 Å². The molecule has 0 radical (unpaired) electrons. The second-order valence-corrected chi connectivity index (χ2v) is 4.04. The second-order valence-electron chi connectivity index (χ2n) is 4.04. The highest BCUT2D eigenvalue weighted by molar-refractivity contribution is 5.35. The zero-order valence-corrected chi connectivity index (χ0v) is 10.1. The maximum Gasteiger partial charge on any atom is 0.416 e. The van der Waals surface area contributed by atoms with Gasteiger partial charge in [0.15, 0.2) is 0 Å². The first-order valence-electron chi connectivity index (χ1n) is 5.64. The predicted molar refractivity (Wildman–Crippen MR) is 58.4 cm³/mol. The van der Waals surface area contributed by atoms with Gasteiger partial charge in [-0.05, 0) is 30.7 Å². The topological polar surface area (TPSA) is 12.0 Å². The van der Waals surface area contributed by atoms with Gasteiger partial charge in [-0.2, -0.15) is 26.3 Å². The molecule has 0 aliphatic carbocycles. The second kappa shape index (κ2) is 5.81. The minimum Gasteiger partial charge on any atom is -0.313 e. The Morgan fingerprint density at radius 3 is 2.11 bits per heavy atom. The molecular weight excluding hydrogens is 272 g/mol. The standard InChI is InChI=1S/C12H13F6N/c1-2-5-19-7-8-3-4-9(11(13,14)15)6-10(8)12(16,17)18/h3-4,6,19H,2,5,7H2,1H3. The van der Waals surface area contributed by atoms with Gasteiger partial charge in [0.2, 0.25) is 0 Å². The highest BCUT2D eigenvalue weighted by Gasteiger charge is 2.37. The van der Waals surface area contributed by atoms with E-state index in [1.54, 1.807) is 0 Å². The van der Waals surface area contributed by atoms with Crippen LogP contribution in [0, 0.1) is 0 Å². The fraction of sp³-hybridized carbons (Fsp3) is 0.500. The molecule has 19 heavy (non-hydrogen) atoms. The molecule has 0 unspecified atom stereocenters. The summed E-state index contributed by atoms with van der Waals surface area (Å²) in [5, 5.41) is 2.74. The summed E-state index contributed by atoms with van der Waals surface area (Å²) in [6.45, 7) is 2.23. The predicted octanol–water partition coefficient (Wildman–Crippen LogP) is 4.22. The fourth-order valence-electron chi connectivity index (χ4n) is 1.57. The van der Waals surface area contributed by atoms with E-state index in [-0.39, 0.29) is 18.2 Å². The molecule has 1 nitrogen and oxygen atoms in total. The molecule has 1 N–H and O–H groups in total. The van der Waals surface area contributed by atoms with E-state index in [4.69, 9.17) is 0 Å². The highest BCUT2D eigenvalue weighted by atomic mass is 19.4. The van der Waals surface area contributed by atoms with Crippen molar-refractivity contribution in [2.24, 2.45) is 0 Å². The van der Waals surface area contributed by atoms with Crippen LogP contribution >= 0.6 is 0 Å². The van der Waals surface area contributed by atoms with Gasteiger partial charge in [0, 0.05) is 6.54 Å². The molecule has 0 bridgehead atoms. The number of nitrogens with one attached hydrogen (secondary N) is 1. The van der Waals surface area contributed by atoms with Crippen molar-refractivity contribution < 1.29 is 26.3 Å². The SMILES string of the molecule is CCCNCc1ccc(C(F)(F)F)cc1C(F)(F)F. The number of alkyl halides is 6. The number of rotatable bonds is 4. The van der Waals surface area contributed by atoms with Gasteiger partial charge < -0.3 is 5.32 Å². The molecule has 1 aromatic rings. The van der Waals surface area contributed by atoms with Crippen molar-refractivity contribution in [2.75, 3.05) is 6.54 Å². The summed E-state index contributed by atoms with van der Waals surface area (Å²) in [4.78, 5) is 0. The first-order chi connectivity index (χ1) is 8.66. The molecule has 7 heteroatoms. The van der Waals surface area contributed by atoms with Gasteiger partial charge in [0.05, 0.1) is 11.1 Å². The Balaban J connectivity index is 3.11. The van der Waals surface area contributed by atoms with E-state index < -0.39 is 23.5 Å². The van der Waals surface area contributed by atoms with Crippen molar-refractivity contribution in [3.8, 4) is 0 Å². The van der Waals surface area contributed by atoms with E-state index >= 15 is 0 Å². The number of halogens is 6. The van der Waals surface area contributed by atoms with Crippen LogP contribution in [-0.2, 0) is 18.9 Å². The van der Waals surface area contributed by atoms with Crippen LogP contribution in [0.15, 0.2) is 18.2 Å². The maximum atomic E-state index is 12.7. The van der Waals surface area contributed by atoms with Crippen molar-refractivity contribution in [3.05, 3.63) is 34.9 Å². The summed E-state index contributed by atoms with van der Waals surface area (Å²) in [6.07, 6.45) is -8.86. The molecule has 0 saturated carbocycles. The molecule has 0 heterocycles. The van der Waals surface area contributed by atoms with Gasteiger partial charge in [-0.25, -0.2) is 0 Å². The van der Waals surface area contributed by atoms with Crippen LogP contribution in [0.1, 0.15) is 30.0 Å². The summed E-state index contributed by atoms with van der Waals surface area (Å²) in [5.74, 6) is 0. The third-order valence-electron chi connectivity index (χ3n) is 2.48. The van der Waals surface area contributed by atoms with Crippen LogP contribution in [-0.4, -0.2) is 6.54 Å². The Morgan fingerprint density at radius 1 is 1.00 bits per heavy atom. The lowest BCUT2D eigenvalue weighted by molar-refractivity contribution is -0.143. The van der Waals surface area contributed by atoms with E-state index in [9.17, 15) is 26.3 Å².